The van der Waals surface area contributed by atoms with Gasteiger partial charge in [-0.3, -0.25) is 14.8 Å². The second kappa shape index (κ2) is 6.65. The first-order valence-corrected chi connectivity index (χ1v) is 9.24. The van der Waals surface area contributed by atoms with Gasteiger partial charge in [-0.05, 0) is 25.7 Å². The van der Waals surface area contributed by atoms with Gasteiger partial charge in [-0.25, -0.2) is 15.0 Å². The van der Waals surface area contributed by atoms with Gasteiger partial charge < -0.3 is 9.80 Å². The molecule has 2 bridgehead atoms. The van der Waals surface area contributed by atoms with Crippen LogP contribution in [0, 0.1) is 0 Å². The molecule has 0 saturated carbocycles. The van der Waals surface area contributed by atoms with E-state index in [0.717, 1.165) is 17.7 Å². The SMILES string of the molecule is O=C(NNC(=O)N1CCCC1)[C@H]1CC[C@@H]2CN1C(=O)N2OS(=O)(=O)O. The maximum atomic E-state index is 12.3. The molecule has 3 aliphatic rings. The van der Waals surface area contributed by atoms with Crippen molar-refractivity contribution < 1.29 is 31.6 Å². The third kappa shape index (κ3) is 3.77. The Bertz CT molecular complexity index is 677. The summed E-state index contributed by atoms with van der Waals surface area (Å²) in [6.07, 6.45) is 2.41. The zero-order chi connectivity index (χ0) is 18.2. The Kier molecular flexibility index (Phi) is 4.71. The fourth-order valence-corrected chi connectivity index (χ4v) is 3.69. The van der Waals surface area contributed by atoms with Crippen LogP contribution in [0.1, 0.15) is 25.7 Å². The summed E-state index contributed by atoms with van der Waals surface area (Å²) in [7, 11) is -4.83. The van der Waals surface area contributed by atoms with E-state index in [9.17, 15) is 22.8 Å². The lowest BCUT2D eigenvalue weighted by atomic mass is 10.0. The number of amides is 5. The van der Waals surface area contributed by atoms with Gasteiger partial charge >= 0.3 is 22.5 Å². The van der Waals surface area contributed by atoms with E-state index in [4.69, 9.17) is 4.55 Å². The first kappa shape index (κ1) is 17.7. The van der Waals surface area contributed by atoms with E-state index < -0.39 is 40.5 Å². The number of nitrogens with one attached hydrogen (secondary N) is 2. The molecule has 0 aliphatic carbocycles. The number of rotatable bonds is 3. The van der Waals surface area contributed by atoms with Crippen LogP contribution in [0.15, 0.2) is 0 Å². The largest absolute Gasteiger partial charge is 0.418 e. The monoisotopic (exact) mass is 377 g/mol. The van der Waals surface area contributed by atoms with Gasteiger partial charge in [0.1, 0.15) is 6.04 Å². The van der Waals surface area contributed by atoms with E-state index in [1.807, 2.05) is 0 Å². The lowest BCUT2D eigenvalue weighted by Gasteiger charge is -2.29. The molecule has 3 heterocycles. The van der Waals surface area contributed by atoms with E-state index in [2.05, 4.69) is 15.1 Å². The molecular weight excluding hydrogens is 358 g/mol. The molecule has 0 unspecified atom stereocenters. The Morgan fingerprint density at radius 2 is 1.84 bits per heavy atom. The summed E-state index contributed by atoms with van der Waals surface area (Å²) in [5.41, 5.74) is 4.61. The van der Waals surface area contributed by atoms with Crippen LogP contribution in [-0.2, 0) is 19.5 Å². The smallest absolute Gasteiger partial charge is 0.323 e. The predicted octanol–water partition coefficient (Wildman–Crippen LogP) is -1.17. The number of hydroxylamine groups is 2. The number of nitrogens with zero attached hydrogens (tertiary/aromatic N) is 3. The highest BCUT2D eigenvalue weighted by molar-refractivity contribution is 7.80. The van der Waals surface area contributed by atoms with E-state index in [-0.39, 0.29) is 13.0 Å². The number of carbonyl (C=O) groups excluding carboxylic acids is 3. The van der Waals surface area contributed by atoms with Gasteiger partial charge in [0.05, 0.1) is 6.04 Å². The lowest BCUT2D eigenvalue weighted by molar-refractivity contribution is -0.126. The number of hydrogen-bond acceptors (Lipinski definition) is 6. The summed E-state index contributed by atoms with van der Waals surface area (Å²) >= 11 is 0. The highest BCUT2D eigenvalue weighted by Crippen LogP contribution is 2.30. The van der Waals surface area contributed by atoms with Crippen LogP contribution >= 0.6 is 0 Å². The van der Waals surface area contributed by atoms with Gasteiger partial charge in [0, 0.05) is 19.6 Å². The summed E-state index contributed by atoms with van der Waals surface area (Å²) in [6.45, 7) is 1.34. The number of fused-ring (bicyclic) bond motifs is 2. The maximum absolute atomic E-state index is 12.3. The third-order valence-electron chi connectivity index (χ3n) is 4.49. The van der Waals surface area contributed by atoms with Crippen LogP contribution in [-0.4, -0.2) is 77.5 Å². The fraction of sp³-hybridized carbons (Fsp3) is 0.750. The molecule has 0 aromatic rings. The van der Waals surface area contributed by atoms with Crippen LogP contribution < -0.4 is 10.9 Å². The van der Waals surface area contributed by atoms with Gasteiger partial charge in [0.2, 0.25) is 0 Å². The number of piperidine rings is 1. The maximum Gasteiger partial charge on any atom is 0.418 e. The van der Waals surface area contributed by atoms with Crippen molar-refractivity contribution >= 4 is 28.4 Å². The summed E-state index contributed by atoms with van der Waals surface area (Å²) in [6, 6.07) is -2.68. The van der Waals surface area contributed by atoms with Gasteiger partial charge in [0.15, 0.2) is 0 Å². The minimum atomic E-state index is -4.83. The Labute approximate surface area is 143 Å². The minimum Gasteiger partial charge on any atom is -0.323 e. The van der Waals surface area contributed by atoms with Crippen molar-refractivity contribution in [2.24, 2.45) is 0 Å². The quantitative estimate of drug-likeness (QED) is 0.414. The van der Waals surface area contributed by atoms with Gasteiger partial charge in [-0.15, -0.1) is 4.28 Å². The van der Waals surface area contributed by atoms with Crippen molar-refractivity contribution in [3.8, 4) is 0 Å². The molecule has 0 aromatic carbocycles. The number of carbonyl (C=O) groups is 3. The van der Waals surface area contributed by atoms with Crippen LogP contribution in [0.2, 0.25) is 0 Å². The van der Waals surface area contributed by atoms with E-state index in [0.29, 0.717) is 24.6 Å². The summed E-state index contributed by atoms with van der Waals surface area (Å²) in [4.78, 5) is 39.1. The number of likely N-dealkylation sites (tertiary alicyclic amines) is 1. The first-order valence-electron chi connectivity index (χ1n) is 7.88. The zero-order valence-electron chi connectivity index (χ0n) is 13.3. The second-order valence-corrected chi connectivity index (χ2v) is 7.13. The van der Waals surface area contributed by atoms with Crippen LogP contribution in [0.3, 0.4) is 0 Å². The number of hydrogen-bond donors (Lipinski definition) is 3. The average Bonchev–Trinajstić information content (AvgIpc) is 3.16. The highest BCUT2D eigenvalue weighted by Gasteiger charge is 2.49. The van der Waals surface area contributed by atoms with Crippen molar-refractivity contribution in [2.45, 2.75) is 37.8 Å². The Balaban J connectivity index is 1.57. The lowest BCUT2D eigenvalue weighted by Crippen LogP contribution is -2.55. The molecule has 25 heavy (non-hydrogen) atoms. The van der Waals surface area contributed by atoms with Crippen molar-refractivity contribution in [3.05, 3.63) is 0 Å². The molecule has 5 amide bonds. The number of urea groups is 2. The highest BCUT2D eigenvalue weighted by atomic mass is 32.3. The van der Waals surface area contributed by atoms with E-state index >= 15 is 0 Å². The number of hydrazine groups is 1. The molecule has 3 fully saturated rings. The normalized spacial score (nSPS) is 26.1. The molecule has 2 atom stereocenters. The molecule has 0 radical (unpaired) electrons. The minimum absolute atomic E-state index is 0.0898. The van der Waals surface area contributed by atoms with Crippen molar-refractivity contribution in [2.75, 3.05) is 19.6 Å². The predicted molar refractivity (Wildman–Crippen MR) is 80.9 cm³/mol. The van der Waals surface area contributed by atoms with Crippen LogP contribution in [0.4, 0.5) is 9.59 Å². The molecule has 3 N–H and O–H groups in total. The molecule has 140 valence electrons. The van der Waals surface area contributed by atoms with E-state index in [1.165, 1.54) is 0 Å². The van der Waals surface area contributed by atoms with Gasteiger partial charge in [-0.2, -0.15) is 13.5 Å². The van der Waals surface area contributed by atoms with Crippen molar-refractivity contribution in [3.63, 3.8) is 0 Å². The molecule has 3 rings (SSSR count). The molecule has 12 nitrogen and oxygen atoms in total. The van der Waals surface area contributed by atoms with Gasteiger partial charge in [0.25, 0.3) is 5.91 Å². The Hall–Kier alpha value is -2.12. The molecule has 0 aromatic heterocycles. The second-order valence-electron chi connectivity index (χ2n) is 6.12. The Morgan fingerprint density at radius 3 is 2.48 bits per heavy atom. The van der Waals surface area contributed by atoms with Crippen LogP contribution in [0.5, 0.6) is 0 Å². The summed E-state index contributed by atoms with van der Waals surface area (Å²) in [5, 5.41) is 0.561. The molecule has 13 heteroatoms. The molecule has 3 aliphatic heterocycles. The third-order valence-corrected chi connectivity index (χ3v) is 4.83. The zero-order valence-corrected chi connectivity index (χ0v) is 14.1. The molecular formula is C12H19N5O7S. The van der Waals surface area contributed by atoms with Crippen molar-refractivity contribution in [1.82, 2.24) is 25.7 Å². The Morgan fingerprint density at radius 1 is 1.16 bits per heavy atom. The van der Waals surface area contributed by atoms with Crippen molar-refractivity contribution in [1.29, 1.82) is 0 Å². The topological polar surface area (TPSA) is 149 Å². The standard InChI is InChI=1S/C12H19N5O7S/c18-10(13-14-11(19)15-5-1-2-6-15)9-4-3-8-7-16(9)12(20)17(8)24-25(21,22)23/h8-9H,1-7H2,(H,13,18)(H,14,19)(H,21,22,23)/t8-,9-/m1/s1. The summed E-state index contributed by atoms with van der Waals surface area (Å²) < 4.78 is 34.7. The average molecular weight is 377 g/mol. The first-order chi connectivity index (χ1) is 11.8. The van der Waals surface area contributed by atoms with Crippen LogP contribution in [0.25, 0.3) is 0 Å². The molecule has 3 saturated heterocycles. The fourth-order valence-electron chi connectivity index (χ4n) is 3.30. The molecule has 0 spiro atoms. The van der Waals surface area contributed by atoms with E-state index in [1.54, 1.807) is 4.90 Å². The summed E-state index contributed by atoms with van der Waals surface area (Å²) in [5.74, 6) is -0.576. The van der Waals surface area contributed by atoms with Gasteiger partial charge in [-0.1, -0.05) is 0 Å².